The zero-order chi connectivity index (χ0) is 14.8. The Hall–Kier alpha value is -0.930. The summed E-state index contributed by atoms with van der Waals surface area (Å²) < 4.78 is 13.8. The number of nitrogens with zero attached hydrogens (tertiary/aromatic N) is 1. The summed E-state index contributed by atoms with van der Waals surface area (Å²) >= 11 is 0. The number of halogens is 1. The van der Waals surface area contributed by atoms with Crippen LogP contribution in [-0.4, -0.2) is 29.6 Å². The van der Waals surface area contributed by atoms with Crippen molar-refractivity contribution in [3.05, 3.63) is 35.1 Å². The molecular formula is C18H27FN2. The second-order valence-electron chi connectivity index (χ2n) is 6.82. The predicted octanol–water partition coefficient (Wildman–Crippen LogP) is 3.63. The number of hydrogen-bond acceptors (Lipinski definition) is 2. The fourth-order valence-corrected chi connectivity index (χ4v) is 3.97. The number of piperidine rings is 1. The van der Waals surface area contributed by atoms with Gasteiger partial charge in [-0.2, -0.15) is 0 Å². The van der Waals surface area contributed by atoms with Crippen LogP contribution in [0.25, 0.3) is 0 Å². The first-order chi connectivity index (χ1) is 10.2. The van der Waals surface area contributed by atoms with Gasteiger partial charge in [-0.15, -0.1) is 0 Å². The molecule has 2 saturated heterocycles. The van der Waals surface area contributed by atoms with E-state index in [1.165, 1.54) is 25.7 Å². The molecule has 2 aliphatic heterocycles. The van der Waals surface area contributed by atoms with Gasteiger partial charge >= 0.3 is 0 Å². The Morgan fingerprint density at radius 2 is 1.95 bits per heavy atom. The Morgan fingerprint density at radius 1 is 1.24 bits per heavy atom. The fraction of sp³-hybridized carbons (Fsp3) is 0.667. The van der Waals surface area contributed by atoms with Gasteiger partial charge in [0.15, 0.2) is 0 Å². The zero-order valence-corrected chi connectivity index (χ0v) is 13.2. The monoisotopic (exact) mass is 290 g/mol. The standard InChI is InChI=1S/C18H27FN2/c1-3-8-21(12-14-5-4-13(2)18(19)9-14)17-10-15-6-7-16(11-17)20-15/h4-5,9,15-17,20H,3,6-8,10-12H2,1-2H3. The molecule has 3 rings (SSSR count). The quantitative estimate of drug-likeness (QED) is 0.891. The number of nitrogens with one attached hydrogen (secondary N) is 1. The highest BCUT2D eigenvalue weighted by Gasteiger charge is 2.35. The van der Waals surface area contributed by atoms with Crippen molar-refractivity contribution in [3.63, 3.8) is 0 Å². The number of fused-ring (bicyclic) bond motifs is 2. The minimum atomic E-state index is -0.0747. The molecule has 3 heteroatoms. The summed E-state index contributed by atoms with van der Waals surface area (Å²) in [6.07, 6.45) is 6.34. The Kier molecular flexibility index (Phi) is 4.60. The van der Waals surface area contributed by atoms with Gasteiger partial charge < -0.3 is 5.32 Å². The first-order valence-corrected chi connectivity index (χ1v) is 8.41. The molecule has 2 atom stereocenters. The average Bonchev–Trinajstić information content (AvgIpc) is 2.81. The van der Waals surface area contributed by atoms with Gasteiger partial charge in [0, 0.05) is 24.7 Å². The van der Waals surface area contributed by atoms with E-state index in [2.05, 4.69) is 23.2 Å². The summed E-state index contributed by atoms with van der Waals surface area (Å²) in [6, 6.07) is 7.78. The van der Waals surface area contributed by atoms with E-state index in [1.807, 2.05) is 13.0 Å². The van der Waals surface area contributed by atoms with Crippen LogP contribution in [0, 0.1) is 12.7 Å². The number of hydrogen-bond donors (Lipinski definition) is 1. The molecular weight excluding hydrogens is 263 g/mol. The Bertz CT molecular complexity index is 476. The van der Waals surface area contributed by atoms with Gasteiger partial charge in [-0.1, -0.05) is 19.1 Å². The summed E-state index contributed by atoms with van der Waals surface area (Å²) in [5.74, 6) is -0.0747. The second-order valence-corrected chi connectivity index (χ2v) is 6.82. The Morgan fingerprint density at radius 3 is 2.57 bits per heavy atom. The molecule has 2 heterocycles. The van der Waals surface area contributed by atoms with Crippen molar-refractivity contribution < 1.29 is 4.39 Å². The Balaban J connectivity index is 1.70. The van der Waals surface area contributed by atoms with Gasteiger partial charge in [0.25, 0.3) is 0 Å². The summed E-state index contributed by atoms with van der Waals surface area (Å²) in [4.78, 5) is 2.58. The smallest absolute Gasteiger partial charge is 0.126 e. The molecule has 2 bridgehead atoms. The molecule has 0 radical (unpaired) electrons. The van der Waals surface area contributed by atoms with Crippen molar-refractivity contribution in [1.82, 2.24) is 10.2 Å². The van der Waals surface area contributed by atoms with Gasteiger partial charge in [-0.25, -0.2) is 4.39 Å². The third kappa shape index (κ3) is 3.46. The van der Waals surface area contributed by atoms with Crippen LogP contribution in [0.4, 0.5) is 4.39 Å². The van der Waals surface area contributed by atoms with Crippen molar-refractivity contribution in [1.29, 1.82) is 0 Å². The van der Waals surface area contributed by atoms with Crippen LogP contribution in [0.1, 0.15) is 50.2 Å². The fourth-order valence-electron chi connectivity index (χ4n) is 3.97. The van der Waals surface area contributed by atoms with Crippen molar-refractivity contribution in [2.75, 3.05) is 6.54 Å². The van der Waals surface area contributed by atoms with Gasteiger partial charge in [0.2, 0.25) is 0 Å². The van der Waals surface area contributed by atoms with Gasteiger partial charge in [-0.05, 0) is 62.8 Å². The van der Waals surface area contributed by atoms with E-state index in [0.717, 1.165) is 30.6 Å². The molecule has 2 unspecified atom stereocenters. The zero-order valence-electron chi connectivity index (χ0n) is 13.2. The normalized spacial score (nSPS) is 28.3. The molecule has 2 fully saturated rings. The molecule has 0 saturated carbocycles. The summed E-state index contributed by atoms with van der Waals surface area (Å²) in [7, 11) is 0. The molecule has 2 nitrogen and oxygen atoms in total. The maximum atomic E-state index is 13.8. The highest BCUT2D eigenvalue weighted by Crippen LogP contribution is 2.30. The van der Waals surface area contributed by atoms with Crippen LogP contribution >= 0.6 is 0 Å². The first kappa shape index (κ1) is 15.0. The lowest BCUT2D eigenvalue weighted by Crippen LogP contribution is -2.48. The molecule has 116 valence electrons. The molecule has 1 aromatic carbocycles. The predicted molar refractivity (Wildman–Crippen MR) is 84.8 cm³/mol. The summed E-state index contributed by atoms with van der Waals surface area (Å²) in [5, 5.41) is 3.71. The SMILES string of the molecule is CCCN(Cc1ccc(C)c(F)c1)C1CC2CCC(C1)N2. The van der Waals surface area contributed by atoms with Crippen molar-refractivity contribution in [2.45, 2.75) is 70.6 Å². The van der Waals surface area contributed by atoms with Crippen LogP contribution in [0.5, 0.6) is 0 Å². The number of benzene rings is 1. The van der Waals surface area contributed by atoms with Gasteiger partial charge in [0.1, 0.15) is 5.82 Å². The molecule has 21 heavy (non-hydrogen) atoms. The first-order valence-electron chi connectivity index (χ1n) is 8.41. The molecule has 0 aromatic heterocycles. The molecule has 0 amide bonds. The van der Waals surface area contributed by atoms with E-state index in [-0.39, 0.29) is 5.82 Å². The molecule has 0 spiro atoms. The lowest BCUT2D eigenvalue weighted by atomic mass is 9.97. The molecule has 2 aliphatic rings. The third-order valence-corrected chi connectivity index (χ3v) is 5.10. The lowest BCUT2D eigenvalue weighted by Gasteiger charge is -2.38. The van der Waals surface area contributed by atoms with Gasteiger partial charge in [0.05, 0.1) is 0 Å². The van der Waals surface area contributed by atoms with Crippen LogP contribution in [-0.2, 0) is 6.54 Å². The van der Waals surface area contributed by atoms with Crippen LogP contribution in [0.15, 0.2) is 18.2 Å². The van der Waals surface area contributed by atoms with Crippen LogP contribution < -0.4 is 5.32 Å². The van der Waals surface area contributed by atoms with Gasteiger partial charge in [-0.3, -0.25) is 4.90 Å². The number of rotatable bonds is 5. The summed E-state index contributed by atoms with van der Waals surface area (Å²) in [6.45, 7) is 6.06. The minimum Gasteiger partial charge on any atom is -0.311 e. The molecule has 1 aromatic rings. The maximum Gasteiger partial charge on any atom is 0.126 e. The van der Waals surface area contributed by atoms with E-state index in [1.54, 1.807) is 6.07 Å². The van der Waals surface area contributed by atoms with E-state index in [9.17, 15) is 4.39 Å². The maximum absolute atomic E-state index is 13.8. The van der Waals surface area contributed by atoms with E-state index < -0.39 is 0 Å². The van der Waals surface area contributed by atoms with Crippen LogP contribution in [0.2, 0.25) is 0 Å². The topological polar surface area (TPSA) is 15.3 Å². The second kappa shape index (κ2) is 6.45. The third-order valence-electron chi connectivity index (χ3n) is 5.10. The highest BCUT2D eigenvalue weighted by molar-refractivity contribution is 5.23. The Labute approximate surface area is 127 Å². The largest absolute Gasteiger partial charge is 0.311 e. The van der Waals surface area contributed by atoms with E-state index in [0.29, 0.717) is 18.1 Å². The van der Waals surface area contributed by atoms with E-state index >= 15 is 0 Å². The summed E-state index contributed by atoms with van der Waals surface area (Å²) in [5.41, 5.74) is 1.85. The van der Waals surface area contributed by atoms with Crippen molar-refractivity contribution >= 4 is 0 Å². The van der Waals surface area contributed by atoms with Crippen molar-refractivity contribution in [3.8, 4) is 0 Å². The molecule has 1 N–H and O–H groups in total. The molecule has 0 aliphatic carbocycles. The van der Waals surface area contributed by atoms with Crippen molar-refractivity contribution in [2.24, 2.45) is 0 Å². The average molecular weight is 290 g/mol. The highest BCUT2D eigenvalue weighted by atomic mass is 19.1. The number of aryl methyl sites for hydroxylation is 1. The van der Waals surface area contributed by atoms with Crippen LogP contribution in [0.3, 0.4) is 0 Å². The minimum absolute atomic E-state index is 0.0747. The van der Waals surface area contributed by atoms with E-state index in [4.69, 9.17) is 0 Å². The lowest BCUT2D eigenvalue weighted by molar-refractivity contribution is 0.134.